The number of nitrogens with one attached hydrogen (secondary N) is 1. The number of hydrogen-bond donors (Lipinski definition) is 1. The minimum Gasteiger partial charge on any atom is -0.488 e. The van der Waals surface area contributed by atoms with E-state index >= 15 is 0 Å². The van der Waals surface area contributed by atoms with Crippen molar-refractivity contribution in [3.63, 3.8) is 0 Å². The smallest absolute Gasteiger partial charge is 0.165 e. The summed E-state index contributed by atoms with van der Waals surface area (Å²) in [6, 6.07) is 5.00. The topological polar surface area (TPSA) is 30.5 Å². The summed E-state index contributed by atoms with van der Waals surface area (Å²) in [5.41, 5.74) is 0.904. The molecule has 0 atom stereocenters. The molecule has 1 aromatic carbocycles. The van der Waals surface area contributed by atoms with Gasteiger partial charge < -0.3 is 14.8 Å². The van der Waals surface area contributed by atoms with Gasteiger partial charge in [0.05, 0.1) is 6.61 Å². The summed E-state index contributed by atoms with van der Waals surface area (Å²) < 4.78 is 24.3. The Morgan fingerprint density at radius 2 is 2.06 bits per heavy atom. The van der Waals surface area contributed by atoms with Gasteiger partial charge in [0, 0.05) is 13.2 Å². The number of ether oxygens (including phenoxy) is 2. The van der Waals surface area contributed by atoms with Crippen LogP contribution < -0.4 is 10.1 Å². The standard InChI is InChI=1S/C14H22FNO2/c1-3-4-7-17-8-9-18-14-6-5-12(11-16-2)10-13(14)15/h5-6,10,16H,3-4,7-9,11H2,1-2H3. The lowest BCUT2D eigenvalue weighted by atomic mass is 10.2. The molecule has 0 heterocycles. The average Bonchev–Trinajstić information content (AvgIpc) is 2.36. The van der Waals surface area contributed by atoms with E-state index in [2.05, 4.69) is 12.2 Å². The Morgan fingerprint density at radius 3 is 2.72 bits per heavy atom. The fourth-order valence-electron chi connectivity index (χ4n) is 1.53. The van der Waals surface area contributed by atoms with Crippen molar-refractivity contribution < 1.29 is 13.9 Å². The highest BCUT2D eigenvalue weighted by Crippen LogP contribution is 2.18. The maximum Gasteiger partial charge on any atom is 0.165 e. The minimum absolute atomic E-state index is 0.286. The molecule has 102 valence electrons. The molecule has 18 heavy (non-hydrogen) atoms. The van der Waals surface area contributed by atoms with Crippen LogP contribution in [0.5, 0.6) is 5.75 Å². The Labute approximate surface area is 108 Å². The summed E-state index contributed by atoms with van der Waals surface area (Å²) in [5, 5.41) is 2.98. The molecule has 0 aliphatic carbocycles. The largest absolute Gasteiger partial charge is 0.488 e. The first-order chi connectivity index (χ1) is 8.77. The van der Waals surface area contributed by atoms with E-state index in [1.807, 2.05) is 13.1 Å². The predicted octanol–water partition coefficient (Wildman–Crippen LogP) is 2.74. The van der Waals surface area contributed by atoms with E-state index < -0.39 is 0 Å². The van der Waals surface area contributed by atoms with Gasteiger partial charge in [0.15, 0.2) is 11.6 Å². The van der Waals surface area contributed by atoms with Gasteiger partial charge in [0.25, 0.3) is 0 Å². The molecule has 0 saturated heterocycles. The Bertz CT molecular complexity index is 345. The van der Waals surface area contributed by atoms with Crippen LogP contribution in [0.25, 0.3) is 0 Å². The molecule has 3 nitrogen and oxygen atoms in total. The van der Waals surface area contributed by atoms with Crippen LogP contribution >= 0.6 is 0 Å². The molecule has 0 aliphatic rings. The molecule has 1 rings (SSSR count). The number of benzene rings is 1. The second-order valence-corrected chi connectivity index (χ2v) is 4.11. The van der Waals surface area contributed by atoms with Gasteiger partial charge in [0.1, 0.15) is 6.61 Å². The van der Waals surface area contributed by atoms with Crippen LogP contribution in [0.2, 0.25) is 0 Å². The van der Waals surface area contributed by atoms with Gasteiger partial charge in [-0.25, -0.2) is 4.39 Å². The van der Waals surface area contributed by atoms with E-state index in [1.54, 1.807) is 6.07 Å². The molecule has 0 fully saturated rings. The van der Waals surface area contributed by atoms with E-state index in [-0.39, 0.29) is 11.6 Å². The highest BCUT2D eigenvalue weighted by Gasteiger charge is 2.04. The third-order valence-electron chi connectivity index (χ3n) is 2.50. The fraction of sp³-hybridized carbons (Fsp3) is 0.571. The highest BCUT2D eigenvalue weighted by atomic mass is 19.1. The van der Waals surface area contributed by atoms with Crippen molar-refractivity contribution in [2.75, 3.05) is 26.9 Å². The minimum atomic E-state index is -0.323. The van der Waals surface area contributed by atoms with Crippen molar-refractivity contribution in [3.8, 4) is 5.75 Å². The fourth-order valence-corrected chi connectivity index (χ4v) is 1.53. The lowest BCUT2D eigenvalue weighted by molar-refractivity contribution is 0.0967. The molecule has 0 unspecified atom stereocenters. The SMILES string of the molecule is CCCCOCCOc1ccc(CNC)cc1F. The van der Waals surface area contributed by atoms with Gasteiger partial charge in [-0.1, -0.05) is 19.4 Å². The number of hydrogen-bond acceptors (Lipinski definition) is 3. The monoisotopic (exact) mass is 255 g/mol. The number of halogens is 1. The van der Waals surface area contributed by atoms with Crippen LogP contribution in [0.15, 0.2) is 18.2 Å². The quantitative estimate of drug-likeness (QED) is 0.688. The van der Waals surface area contributed by atoms with Crippen LogP contribution in [-0.4, -0.2) is 26.9 Å². The summed E-state index contributed by atoms with van der Waals surface area (Å²) in [6.45, 7) is 4.38. The molecular formula is C14H22FNO2. The average molecular weight is 255 g/mol. The molecule has 4 heteroatoms. The van der Waals surface area contributed by atoms with Crippen LogP contribution in [0.1, 0.15) is 25.3 Å². The van der Waals surface area contributed by atoms with Gasteiger partial charge in [0.2, 0.25) is 0 Å². The molecule has 0 saturated carbocycles. The lowest BCUT2D eigenvalue weighted by Crippen LogP contribution is -2.09. The zero-order valence-corrected chi connectivity index (χ0v) is 11.2. The second-order valence-electron chi connectivity index (χ2n) is 4.11. The molecule has 0 aliphatic heterocycles. The summed E-state index contributed by atoms with van der Waals surface area (Å²) in [4.78, 5) is 0. The third kappa shape index (κ3) is 5.47. The molecule has 0 aromatic heterocycles. The Balaban J connectivity index is 2.29. The van der Waals surface area contributed by atoms with Crippen molar-refractivity contribution in [1.29, 1.82) is 0 Å². The summed E-state index contributed by atoms with van der Waals surface area (Å²) in [7, 11) is 1.83. The van der Waals surface area contributed by atoms with Crippen molar-refractivity contribution in [3.05, 3.63) is 29.6 Å². The number of rotatable bonds is 9. The van der Waals surface area contributed by atoms with Crippen LogP contribution in [-0.2, 0) is 11.3 Å². The van der Waals surface area contributed by atoms with Gasteiger partial charge >= 0.3 is 0 Å². The van der Waals surface area contributed by atoms with Crippen LogP contribution in [0.4, 0.5) is 4.39 Å². The lowest BCUT2D eigenvalue weighted by Gasteiger charge is -2.09. The third-order valence-corrected chi connectivity index (χ3v) is 2.50. The van der Waals surface area contributed by atoms with E-state index in [9.17, 15) is 4.39 Å². The summed E-state index contributed by atoms with van der Waals surface area (Å²) in [6.07, 6.45) is 2.16. The van der Waals surface area contributed by atoms with Gasteiger partial charge in [-0.3, -0.25) is 0 Å². The molecule has 1 aromatic rings. The molecule has 0 spiro atoms. The molecular weight excluding hydrogens is 233 g/mol. The van der Waals surface area contributed by atoms with Crippen LogP contribution in [0.3, 0.4) is 0 Å². The molecule has 1 N–H and O–H groups in total. The molecule has 0 amide bonds. The summed E-state index contributed by atoms with van der Waals surface area (Å²) in [5.74, 6) is -0.0368. The van der Waals surface area contributed by atoms with Gasteiger partial charge in [-0.05, 0) is 31.2 Å². The molecule has 0 bridgehead atoms. The first-order valence-corrected chi connectivity index (χ1v) is 6.41. The molecule has 0 radical (unpaired) electrons. The van der Waals surface area contributed by atoms with E-state index in [0.29, 0.717) is 19.8 Å². The Morgan fingerprint density at radius 1 is 1.22 bits per heavy atom. The maximum absolute atomic E-state index is 13.6. The highest BCUT2D eigenvalue weighted by molar-refractivity contribution is 5.29. The van der Waals surface area contributed by atoms with E-state index in [0.717, 1.165) is 25.0 Å². The summed E-state index contributed by atoms with van der Waals surface area (Å²) >= 11 is 0. The van der Waals surface area contributed by atoms with Crippen molar-refractivity contribution >= 4 is 0 Å². The first-order valence-electron chi connectivity index (χ1n) is 6.41. The van der Waals surface area contributed by atoms with E-state index in [4.69, 9.17) is 9.47 Å². The van der Waals surface area contributed by atoms with Crippen molar-refractivity contribution in [2.45, 2.75) is 26.3 Å². The van der Waals surface area contributed by atoms with Crippen molar-refractivity contribution in [1.82, 2.24) is 5.32 Å². The second kappa shape index (κ2) is 8.89. The first kappa shape index (κ1) is 14.9. The zero-order chi connectivity index (χ0) is 13.2. The predicted molar refractivity (Wildman–Crippen MR) is 70.4 cm³/mol. The van der Waals surface area contributed by atoms with Crippen LogP contribution in [0, 0.1) is 5.82 Å². The van der Waals surface area contributed by atoms with Gasteiger partial charge in [-0.2, -0.15) is 0 Å². The Hall–Kier alpha value is -1.13. The maximum atomic E-state index is 13.6. The Kier molecular flexibility index (Phi) is 7.37. The van der Waals surface area contributed by atoms with E-state index in [1.165, 1.54) is 6.07 Å². The normalized spacial score (nSPS) is 10.6. The zero-order valence-electron chi connectivity index (χ0n) is 11.2. The number of unbranched alkanes of at least 4 members (excludes halogenated alkanes) is 1. The van der Waals surface area contributed by atoms with Gasteiger partial charge in [-0.15, -0.1) is 0 Å². The van der Waals surface area contributed by atoms with Crippen molar-refractivity contribution in [2.24, 2.45) is 0 Å².